The van der Waals surface area contributed by atoms with Crippen molar-refractivity contribution in [3.05, 3.63) is 0 Å². The summed E-state index contributed by atoms with van der Waals surface area (Å²) >= 11 is 0. The van der Waals surface area contributed by atoms with E-state index in [1.54, 1.807) is 0 Å². The molecule has 0 spiro atoms. The Kier molecular flexibility index (Phi) is 65.0. The maximum atomic E-state index is 13.1. The quantitative estimate of drug-likeness (QED) is 0.0222. The minimum absolute atomic E-state index is 0.105. The van der Waals surface area contributed by atoms with Crippen LogP contribution >= 0.6 is 15.6 Å². The molecular weight excluding hydrogens is 1260 g/mol. The van der Waals surface area contributed by atoms with Gasteiger partial charge in [0.2, 0.25) is 0 Å². The van der Waals surface area contributed by atoms with Gasteiger partial charge in [0.1, 0.15) is 19.3 Å². The molecule has 0 aliphatic rings. The number of carbonyl (C=O) groups is 4. The predicted molar refractivity (Wildman–Crippen MR) is 391 cm³/mol. The highest BCUT2D eigenvalue weighted by Gasteiger charge is 2.30. The SMILES string of the molecule is CCC(C)CCCCCCCCCCCCC(=O)O[C@H](COC(=O)CCCCCCCCC(C)CC)COP(=O)(O)OC[C@H](O)COP(=O)(O)OC[C@@H](COC(=O)CCCCCCCCCCCCCCC(C)C)OC(=O)CCCCCCCCCCCCCCCCC(C)C. The van der Waals surface area contributed by atoms with Crippen LogP contribution in [0.15, 0.2) is 0 Å². The Morgan fingerprint density at radius 3 is 0.740 bits per heavy atom. The summed E-state index contributed by atoms with van der Waals surface area (Å²) in [5, 5.41) is 10.6. The fraction of sp³-hybridized carbons (Fsp3) is 0.948. The third-order valence-electron chi connectivity index (χ3n) is 18.5. The molecule has 0 aromatic carbocycles. The fourth-order valence-electron chi connectivity index (χ4n) is 11.7. The predicted octanol–water partition coefficient (Wildman–Crippen LogP) is 22.4. The van der Waals surface area contributed by atoms with Gasteiger partial charge >= 0.3 is 39.5 Å². The number of phosphoric ester groups is 2. The smallest absolute Gasteiger partial charge is 0.462 e. The van der Waals surface area contributed by atoms with Crippen LogP contribution in [0.4, 0.5) is 0 Å². The standard InChI is InChI=1S/C77H150O17P2/c1-9-69(7)55-47-39-31-25-21-22-28-34-44-52-60-77(82)94-73(64-88-75(80)58-50-42-36-35-40-48-56-70(8)10-2)66-92-96(85,86)90-62-71(78)61-89-95(83,84)91-65-72(63-87-74(79)57-49-41-32-26-19-16-15-18-24-30-38-46-54-68(5)6)93-76(81)59-51-43-33-27-20-14-12-11-13-17-23-29-37-45-53-67(3)4/h67-73,78H,9-66H2,1-8H3,(H,83,84)(H,85,86)/t69?,70?,71-,72-,73-/m1/s1. The first-order valence-corrected chi connectivity index (χ1v) is 42.8. The van der Waals surface area contributed by atoms with E-state index in [1.165, 1.54) is 186 Å². The number of aliphatic hydroxyl groups excluding tert-OH is 1. The van der Waals surface area contributed by atoms with Gasteiger partial charge in [-0.3, -0.25) is 37.3 Å². The minimum Gasteiger partial charge on any atom is -0.462 e. The molecule has 0 saturated heterocycles. The van der Waals surface area contributed by atoms with Crippen molar-refractivity contribution in [2.75, 3.05) is 39.6 Å². The largest absolute Gasteiger partial charge is 0.472 e. The van der Waals surface area contributed by atoms with Crippen LogP contribution in [0.1, 0.15) is 389 Å². The Morgan fingerprint density at radius 2 is 0.500 bits per heavy atom. The lowest BCUT2D eigenvalue weighted by molar-refractivity contribution is -0.161. The van der Waals surface area contributed by atoms with Crippen LogP contribution in [0.2, 0.25) is 0 Å². The van der Waals surface area contributed by atoms with Crippen molar-refractivity contribution in [1.82, 2.24) is 0 Å². The van der Waals surface area contributed by atoms with Crippen LogP contribution < -0.4 is 0 Å². The van der Waals surface area contributed by atoms with E-state index in [4.69, 9.17) is 37.0 Å². The van der Waals surface area contributed by atoms with Gasteiger partial charge in [-0.15, -0.1) is 0 Å². The van der Waals surface area contributed by atoms with Crippen LogP contribution in [0.25, 0.3) is 0 Å². The first-order chi connectivity index (χ1) is 46.2. The van der Waals surface area contributed by atoms with E-state index in [1.807, 2.05) is 0 Å². The Labute approximate surface area is 588 Å². The lowest BCUT2D eigenvalue weighted by Gasteiger charge is -2.21. The monoisotopic (exact) mass is 1410 g/mol. The Bertz CT molecular complexity index is 1890. The summed E-state index contributed by atoms with van der Waals surface area (Å²) in [5.41, 5.74) is 0. The molecule has 0 bridgehead atoms. The van der Waals surface area contributed by atoms with Crippen molar-refractivity contribution < 1.29 is 80.2 Å². The van der Waals surface area contributed by atoms with Gasteiger partial charge in [-0.05, 0) is 49.4 Å². The lowest BCUT2D eigenvalue weighted by Crippen LogP contribution is -2.30. The number of hydrogen-bond acceptors (Lipinski definition) is 15. The molecular formula is C77H150O17P2. The molecule has 0 aliphatic heterocycles. The molecule has 0 saturated carbocycles. The molecule has 0 aromatic heterocycles. The van der Waals surface area contributed by atoms with Crippen molar-refractivity contribution in [2.45, 2.75) is 408 Å². The number of ether oxygens (including phenoxy) is 4. The molecule has 0 fully saturated rings. The summed E-state index contributed by atoms with van der Waals surface area (Å²) in [6.45, 7) is 14.2. The lowest BCUT2D eigenvalue weighted by atomic mass is 9.99. The maximum absolute atomic E-state index is 13.1. The van der Waals surface area contributed by atoms with E-state index in [0.717, 1.165) is 120 Å². The number of phosphoric acid groups is 2. The van der Waals surface area contributed by atoms with Gasteiger partial charge in [0.05, 0.1) is 26.4 Å². The minimum atomic E-state index is -4.96. The number of unbranched alkanes of at least 4 members (excludes halogenated alkanes) is 38. The van der Waals surface area contributed by atoms with Crippen molar-refractivity contribution in [2.24, 2.45) is 23.7 Å². The fourth-order valence-corrected chi connectivity index (χ4v) is 13.2. The molecule has 0 heterocycles. The van der Waals surface area contributed by atoms with Gasteiger partial charge < -0.3 is 33.8 Å². The molecule has 0 aromatic rings. The van der Waals surface area contributed by atoms with Crippen LogP contribution in [-0.2, 0) is 65.4 Å². The van der Waals surface area contributed by atoms with E-state index < -0.39 is 97.5 Å². The number of esters is 4. The highest BCUT2D eigenvalue weighted by Crippen LogP contribution is 2.45. The zero-order valence-electron chi connectivity index (χ0n) is 63.0. The average molecular weight is 1410 g/mol. The summed E-state index contributed by atoms with van der Waals surface area (Å²) in [7, 11) is -9.92. The number of rotatable bonds is 74. The summed E-state index contributed by atoms with van der Waals surface area (Å²) in [5.74, 6) is 0.991. The summed E-state index contributed by atoms with van der Waals surface area (Å²) < 4.78 is 68.6. The molecule has 3 N–H and O–H groups in total. The molecule has 4 unspecified atom stereocenters. The zero-order chi connectivity index (χ0) is 71.0. The van der Waals surface area contributed by atoms with Gasteiger partial charge in [0.15, 0.2) is 12.2 Å². The molecule has 96 heavy (non-hydrogen) atoms. The number of aliphatic hydroxyl groups is 1. The average Bonchev–Trinajstić information content (AvgIpc) is 1.71. The van der Waals surface area contributed by atoms with Crippen LogP contribution in [0, 0.1) is 23.7 Å². The second-order valence-corrected chi connectivity index (χ2v) is 32.1. The Hall–Kier alpha value is -1.94. The molecule has 19 heteroatoms. The second kappa shape index (κ2) is 66.3. The van der Waals surface area contributed by atoms with Crippen LogP contribution in [0.5, 0.6) is 0 Å². The molecule has 0 amide bonds. The highest BCUT2D eigenvalue weighted by molar-refractivity contribution is 7.47. The summed E-state index contributed by atoms with van der Waals surface area (Å²) in [6.07, 6.45) is 51.2. The normalized spacial score (nSPS) is 14.7. The number of hydrogen-bond donors (Lipinski definition) is 3. The van der Waals surface area contributed by atoms with Gasteiger partial charge in [-0.25, -0.2) is 9.13 Å². The molecule has 0 aliphatic carbocycles. The molecule has 7 atom stereocenters. The second-order valence-electron chi connectivity index (χ2n) is 29.2. The third kappa shape index (κ3) is 67.9. The van der Waals surface area contributed by atoms with Crippen molar-refractivity contribution in [1.29, 1.82) is 0 Å². The summed E-state index contributed by atoms with van der Waals surface area (Å²) in [4.78, 5) is 72.9. The van der Waals surface area contributed by atoms with E-state index in [9.17, 15) is 43.2 Å². The van der Waals surface area contributed by atoms with Gasteiger partial charge in [0.25, 0.3) is 0 Å². The molecule has 0 radical (unpaired) electrons. The van der Waals surface area contributed by atoms with Gasteiger partial charge in [-0.1, -0.05) is 338 Å². The molecule has 0 rings (SSSR count). The van der Waals surface area contributed by atoms with E-state index in [-0.39, 0.29) is 25.7 Å². The third-order valence-corrected chi connectivity index (χ3v) is 20.4. The topological polar surface area (TPSA) is 237 Å². The first-order valence-electron chi connectivity index (χ1n) is 39.8. The van der Waals surface area contributed by atoms with Crippen LogP contribution in [0.3, 0.4) is 0 Å². The zero-order valence-corrected chi connectivity index (χ0v) is 64.8. The Morgan fingerprint density at radius 1 is 0.292 bits per heavy atom. The first kappa shape index (κ1) is 94.1. The van der Waals surface area contributed by atoms with Gasteiger partial charge in [-0.2, -0.15) is 0 Å². The summed E-state index contributed by atoms with van der Waals surface area (Å²) in [6, 6.07) is 0. The Balaban J connectivity index is 5.27. The molecule has 570 valence electrons. The van der Waals surface area contributed by atoms with E-state index in [0.29, 0.717) is 25.7 Å². The van der Waals surface area contributed by atoms with Crippen molar-refractivity contribution in [3.8, 4) is 0 Å². The van der Waals surface area contributed by atoms with Gasteiger partial charge in [0, 0.05) is 25.7 Å². The maximum Gasteiger partial charge on any atom is 0.472 e. The number of carbonyl (C=O) groups excluding carboxylic acids is 4. The van der Waals surface area contributed by atoms with Crippen molar-refractivity contribution in [3.63, 3.8) is 0 Å². The van der Waals surface area contributed by atoms with Crippen molar-refractivity contribution >= 4 is 39.5 Å². The van der Waals surface area contributed by atoms with Crippen LogP contribution in [-0.4, -0.2) is 96.7 Å². The highest BCUT2D eigenvalue weighted by atomic mass is 31.2. The van der Waals surface area contributed by atoms with E-state index in [2.05, 4.69) is 55.4 Å². The molecule has 17 nitrogen and oxygen atoms in total. The van der Waals surface area contributed by atoms with E-state index >= 15 is 0 Å².